The highest BCUT2D eigenvalue weighted by Crippen LogP contribution is 2.14. The van der Waals surface area contributed by atoms with Gasteiger partial charge in [0.05, 0.1) is 6.61 Å². The Balaban J connectivity index is 1.89. The summed E-state index contributed by atoms with van der Waals surface area (Å²) >= 11 is 0. The summed E-state index contributed by atoms with van der Waals surface area (Å²) in [6.45, 7) is 2.44. The van der Waals surface area contributed by atoms with Gasteiger partial charge in [-0.1, -0.05) is 6.07 Å². The van der Waals surface area contributed by atoms with E-state index in [2.05, 4.69) is 10.1 Å². The van der Waals surface area contributed by atoms with E-state index < -0.39 is 0 Å². The van der Waals surface area contributed by atoms with Crippen molar-refractivity contribution in [1.82, 2.24) is 14.8 Å². The van der Waals surface area contributed by atoms with Crippen molar-refractivity contribution in [2.45, 2.75) is 13.3 Å². The van der Waals surface area contributed by atoms with Crippen LogP contribution in [-0.2, 0) is 13.5 Å². The van der Waals surface area contributed by atoms with E-state index in [0.29, 0.717) is 12.3 Å². The van der Waals surface area contributed by atoms with Crippen LogP contribution in [0, 0.1) is 6.92 Å². The Bertz CT molecular complexity index is 507. The Kier molecular flexibility index (Phi) is 3.27. The summed E-state index contributed by atoms with van der Waals surface area (Å²) in [6.07, 6.45) is 0.728. The first-order valence-electron chi connectivity index (χ1n) is 5.50. The number of anilines is 1. The minimum Gasteiger partial charge on any atom is -0.493 e. The van der Waals surface area contributed by atoms with Crippen molar-refractivity contribution in [3.63, 3.8) is 0 Å². The zero-order valence-electron chi connectivity index (χ0n) is 10.1. The van der Waals surface area contributed by atoms with E-state index in [-0.39, 0.29) is 0 Å². The number of benzene rings is 1. The molecule has 0 spiro atoms. The summed E-state index contributed by atoms with van der Waals surface area (Å²) < 4.78 is 7.37. The van der Waals surface area contributed by atoms with Gasteiger partial charge in [-0.3, -0.25) is 4.68 Å². The molecule has 1 heterocycles. The van der Waals surface area contributed by atoms with Crippen molar-refractivity contribution in [2.24, 2.45) is 7.05 Å². The molecule has 0 saturated heterocycles. The van der Waals surface area contributed by atoms with Crippen LogP contribution in [0.5, 0.6) is 5.75 Å². The predicted molar refractivity (Wildman–Crippen MR) is 65.8 cm³/mol. The van der Waals surface area contributed by atoms with Crippen molar-refractivity contribution in [1.29, 1.82) is 0 Å². The lowest BCUT2D eigenvalue weighted by atomic mass is 10.3. The summed E-state index contributed by atoms with van der Waals surface area (Å²) in [7, 11) is 1.88. The molecule has 0 amide bonds. The minimum atomic E-state index is 0.565. The van der Waals surface area contributed by atoms with Crippen molar-refractivity contribution < 1.29 is 4.74 Å². The molecule has 90 valence electrons. The Morgan fingerprint density at radius 2 is 2.24 bits per heavy atom. The molecule has 0 atom stereocenters. The molecule has 2 aromatic rings. The molecule has 2 rings (SSSR count). The first-order chi connectivity index (χ1) is 8.15. The Morgan fingerprint density at radius 1 is 1.41 bits per heavy atom. The van der Waals surface area contributed by atoms with Crippen LogP contribution < -0.4 is 10.5 Å². The molecule has 2 N–H and O–H groups in total. The Morgan fingerprint density at radius 3 is 2.88 bits per heavy atom. The molecule has 0 aliphatic rings. The molecular weight excluding hydrogens is 216 g/mol. The second-order valence-corrected chi connectivity index (χ2v) is 3.87. The van der Waals surface area contributed by atoms with Crippen LogP contribution in [0.1, 0.15) is 11.6 Å². The van der Waals surface area contributed by atoms with Crippen LogP contribution in [0.2, 0.25) is 0 Å². The number of aryl methyl sites for hydroxylation is 2. The number of nitrogens with zero attached hydrogens (tertiary/aromatic N) is 3. The van der Waals surface area contributed by atoms with Gasteiger partial charge >= 0.3 is 0 Å². The monoisotopic (exact) mass is 232 g/mol. The maximum atomic E-state index is 5.66. The van der Waals surface area contributed by atoms with Gasteiger partial charge in [0.25, 0.3) is 0 Å². The van der Waals surface area contributed by atoms with Gasteiger partial charge < -0.3 is 10.5 Å². The molecule has 1 aromatic heterocycles. The number of aromatic nitrogens is 3. The van der Waals surface area contributed by atoms with Crippen molar-refractivity contribution >= 4 is 5.69 Å². The number of rotatable bonds is 4. The summed E-state index contributed by atoms with van der Waals surface area (Å²) in [5, 5.41) is 4.18. The maximum Gasteiger partial charge on any atom is 0.147 e. The second kappa shape index (κ2) is 4.86. The molecule has 0 saturated carbocycles. The van der Waals surface area contributed by atoms with Gasteiger partial charge in [-0.15, -0.1) is 0 Å². The summed E-state index contributed by atoms with van der Waals surface area (Å²) in [5.74, 6) is 2.49. The lowest BCUT2D eigenvalue weighted by Gasteiger charge is -2.06. The van der Waals surface area contributed by atoms with Crippen LogP contribution >= 0.6 is 0 Å². The first kappa shape index (κ1) is 11.4. The van der Waals surface area contributed by atoms with Gasteiger partial charge in [0.15, 0.2) is 0 Å². The van der Waals surface area contributed by atoms with E-state index in [0.717, 1.165) is 23.8 Å². The second-order valence-electron chi connectivity index (χ2n) is 3.87. The van der Waals surface area contributed by atoms with Crippen LogP contribution in [0.3, 0.4) is 0 Å². The van der Waals surface area contributed by atoms with Gasteiger partial charge in [-0.25, -0.2) is 4.98 Å². The molecule has 1 aromatic carbocycles. The molecule has 0 unspecified atom stereocenters. The fraction of sp³-hybridized carbons (Fsp3) is 0.333. The average Bonchev–Trinajstić information content (AvgIpc) is 2.58. The highest BCUT2D eigenvalue weighted by molar-refractivity contribution is 5.43. The third kappa shape index (κ3) is 2.96. The zero-order valence-corrected chi connectivity index (χ0v) is 10.1. The smallest absolute Gasteiger partial charge is 0.147 e. The number of hydrogen-bond donors (Lipinski definition) is 1. The van der Waals surface area contributed by atoms with Crippen LogP contribution in [0.25, 0.3) is 0 Å². The fourth-order valence-corrected chi connectivity index (χ4v) is 1.64. The summed E-state index contributed by atoms with van der Waals surface area (Å²) in [4.78, 5) is 4.31. The van der Waals surface area contributed by atoms with Crippen molar-refractivity contribution in [3.05, 3.63) is 35.9 Å². The third-order valence-corrected chi connectivity index (χ3v) is 2.41. The van der Waals surface area contributed by atoms with E-state index in [1.54, 1.807) is 4.68 Å². The Labute approximate surface area is 100 Å². The van der Waals surface area contributed by atoms with Gasteiger partial charge in [-0.2, -0.15) is 5.10 Å². The van der Waals surface area contributed by atoms with E-state index in [1.165, 1.54) is 0 Å². The van der Waals surface area contributed by atoms with Crippen LogP contribution in [0.4, 0.5) is 5.69 Å². The number of nitrogens with two attached hydrogens (primary N) is 1. The van der Waals surface area contributed by atoms with Gasteiger partial charge in [0, 0.05) is 25.2 Å². The average molecular weight is 232 g/mol. The van der Waals surface area contributed by atoms with E-state index in [9.17, 15) is 0 Å². The minimum absolute atomic E-state index is 0.565. The van der Waals surface area contributed by atoms with Crippen molar-refractivity contribution in [2.75, 3.05) is 12.3 Å². The standard InChI is InChI=1S/C12H16N4O/c1-9-14-12(16(2)15-9)6-7-17-11-5-3-4-10(13)8-11/h3-5,8H,6-7,13H2,1-2H3. The van der Waals surface area contributed by atoms with Crippen LogP contribution in [0.15, 0.2) is 24.3 Å². The topological polar surface area (TPSA) is 66.0 Å². The molecule has 0 fully saturated rings. The predicted octanol–water partition coefficient (Wildman–Crippen LogP) is 1.33. The lowest BCUT2D eigenvalue weighted by Crippen LogP contribution is -2.07. The highest BCUT2D eigenvalue weighted by atomic mass is 16.5. The molecule has 0 bridgehead atoms. The molecule has 5 heteroatoms. The number of hydrogen-bond acceptors (Lipinski definition) is 4. The molecule has 0 radical (unpaired) electrons. The molecule has 0 aliphatic heterocycles. The largest absolute Gasteiger partial charge is 0.493 e. The van der Waals surface area contributed by atoms with Gasteiger partial charge in [0.1, 0.15) is 17.4 Å². The molecular formula is C12H16N4O. The summed E-state index contributed by atoms with van der Waals surface area (Å²) in [6, 6.07) is 7.40. The van der Waals surface area contributed by atoms with Crippen molar-refractivity contribution in [3.8, 4) is 5.75 Å². The van der Waals surface area contributed by atoms with E-state index >= 15 is 0 Å². The Hall–Kier alpha value is -2.04. The lowest BCUT2D eigenvalue weighted by molar-refractivity contribution is 0.317. The van der Waals surface area contributed by atoms with E-state index in [1.807, 2.05) is 38.2 Å². The fourth-order valence-electron chi connectivity index (χ4n) is 1.64. The molecule has 0 aliphatic carbocycles. The maximum absolute atomic E-state index is 5.66. The molecule has 5 nitrogen and oxygen atoms in total. The highest BCUT2D eigenvalue weighted by Gasteiger charge is 2.03. The molecule has 17 heavy (non-hydrogen) atoms. The number of ether oxygens (including phenoxy) is 1. The number of nitrogen functional groups attached to an aromatic ring is 1. The quantitative estimate of drug-likeness (QED) is 0.807. The third-order valence-electron chi connectivity index (χ3n) is 2.41. The SMILES string of the molecule is Cc1nc(CCOc2cccc(N)c2)n(C)n1. The van der Waals surface area contributed by atoms with Gasteiger partial charge in [-0.05, 0) is 19.1 Å². The van der Waals surface area contributed by atoms with E-state index in [4.69, 9.17) is 10.5 Å². The first-order valence-corrected chi connectivity index (χ1v) is 5.50. The normalized spacial score (nSPS) is 10.5. The zero-order chi connectivity index (χ0) is 12.3. The van der Waals surface area contributed by atoms with Gasteiger partial charge in [0.2, 0.25) is 0 Å². The van der Waals surface area contributed by atoms with Crippen LogP contribution in [-0.4, -0.2) is 21.4 Å². The summed E-state index contributed by atoms with van der Waals surface area (Å²) in [5.41, 5.74) is 6.37.